The average molecular weight is 284 g/mol. The maximum absolute atomic E-state index is 12.2. The van der Waals surface area contributed by atoms with Crippen molar-refractivity contribution in [3.63, 3.8) is 0 Å². The number of ether oxygens (including phenoxy) is 1. The van der Waals surface area contributed by atoms with Gasteiger partial charge in [-0.15, -0.1) is 0 Å². The fraction of sp³-hybridized carbons (Fsp3) is 0.733. The second kappa shape index (κ2) is 6.99. The molecule has 0 heterocycles. The predicted molar refractivity (Wildman–Crippen MR) is 73.8 cm³/mol. The maximum Gasteiger partial charge on any atom is 0.306 e. The summed E-state index contributed by atoms with van der Waals surface area (Å²) >= 11 is 0. The summed E-state index contributed by atoms with van der Waals surface area (Å²) in [5.74, 6) is -1.23. The van der Waals surface area contributed by atoms with Crippen LogP contribution in [0.3, 0.4) is 0 Å². The van der Waals surface area contributed by atoms with E-state index >= 15 is 0 Å². The minimum absolute atomic E-state index is 0.0257. The molecule has 0 amide bonds. The van der Waals surface area contributed by atoms with Crippen LogP contribution in [-0.2, 0) is 14.3 Å². The van der Waals surface area contributed by atoms with Crippen molar-refractivity contribution in [1.29, 1.82) is 0 Å². The van der Waals surface area contributed by atoms with Crippen LogP contribution < -0.4 is 0 Å². The second-order valence-corrected chi connectivity index (χ2v) is 6.03. The van der Waals surface area contributed by atoms with Crippen molar-refractivity contribution in [2.45, 2.75) is 46.3 Å². The van der Waals surface area contributed by atoms with Crippen LogP contribution in [0.5, 0.6) is 0 Å². The fourth-order valence-electron chi connectivity index (χ4n) is 2.47. The van der Waals surface area contributed by atoms with Gasteiger partial charge >= 0.3 is 5.97 Å². The normalized spacial score (nSPS) is 26.9. The highest BCUT2D eigenvalue weighted by Gasteiger charge is 2.42. The van der Waals surface area contributed by atoms with Gasteiger partial charge in [0.05, 0.1) is 12.7 Å². The molecule has 5 heteroatoms. The molecule has 0 aromatic heterocycles. The highest BCUT2D eigenvalue weighted by atomic mass is 16.5. The summed E-state index contributed by atoms with van der Waals surface area (Å²) < 4.78 is 5.29. The molecule has 0 aromatic rings. The van der Waals surface area contributed by atoms with Crippen molar-refractivity contribution < 1.29 is 24.5 Å². The number of hydrogen-bond acceptors (Lipinski definition) is 5. The number of ketones is 1. The lowest BCUT2D eigenvalue weighted by atomic mass is 9.77. The molecule has 3 atom stereocenters. The van der Waals surface area contributed by atoms with E-state index in [1.54, 1.807) is 0 Å². The highest BCUT2D eigenvalue weighted by molar-refractivity contribution is 6.01. The molecular formula is C15H24O5. The van der Waals surface area contributed by atoms with Gasteiger partial charge in [0.15, 0.2) is 6.10 Å². The zero-order valence-electron chi connectivity index (χ0n) is 12.5. The van der Waals surface area contributed by atoms with Crippen molar-refractivity contribution in [2.24, 2.45) is 17.8 Å². The summed E-state index contributed by atoms with van der Waals surface area (Å²) in [4.78, 5) is 24.0. The molecular weight excluding hydrogens is 260 g/mol. The van der Waals surface area contributed by atoms with Crippen molar-refractivity contribution >= 4 is 11.8 Å². The maximum atomic E-state index is 12.2. The Labute approximate surface area is 119 Å². The van der Waals surface area contributed by atoms with Gasteiger partial charge in [0.25, 0.3) is 0 Å². The molecule has 5 nitrogen and oxygen atoms in total. The van der Waals surface area contributed by atoms with Crippen molar-refractivity contribution in [1.82, 2.24) is 0 Å². The first-order valence-corrected chi connectivity index (χ1v) is 7.01. The van der Waals surface area contributed by atoms with Gasteiger partial charge in [0.2, 0.25) is 5.78 Å². The van der Waals surface area contributed by atoms with Gasteiger partial charge in [-0.25, -0.2) is 0 Å². The van der Waals surface area contributed by atoms with Gasteiger partial charge in [0.1, 0.15) is 0 Å². The molecule has 114 valence electrons. The van der Waals surface area contributed by atoms with Crippen LogP contribution in [0.4, 0.5) is 0 Å². The molecule has 0 fully saturated rings. The Bertz CT molecular complexity index is 397. The predicted octanol–water partition coefficient (Wildman–Crippen LogP) is 1.08. The third-order valence-corrected chi connectivity index (χ3v) is 3.46. The first-order chi connectivity index (χ1) is 9.27. The van der Waals surface area contributed by atoms with E-state index in [9.17, 15) is 14.7 Å². The zero-order valence-corrected chi connectivity index (χ0v) is 12.5. The number of rotatable bonds is 5. The molecule has 3 unspecified atom stereocenters. The van der Waals surface area contributed by atoms with Gasteiger partial charge in [-0.3, -0.25) is 9.59 Å². The number of aliphatic hydroxyl groups excluding tert-OH is 2. The van der Waals surface area contributed by atoms with Crippen molar-refractivity contribution in [3.8, 4) is 0 Å². The van der Waals surface area contributed by atoms with Crippen LogP contribution in [0.25, 0.3) is 0 Å². The Kier molecular flexibility index (Phi) is 5.89. The molecule has 0 spiro atoms. The summed E-state index contributed by atoms with van der Waals surface area (Å²) in [5, 5.41) is 19.3. The molecule has 1 aliphatic rings. The van der Waals surface area contributed by atoms with Gasteiger partial charge in [-0.05, 0) is 17.9 Å². The summed E-state index contributed by atoms with van der Waals surface area (Å²) in [6.07, 6.45) is -0.321. The number of carbonyl (C=O) groups is 2. The second-order valence-electron chi connectivity index (χ2n) is 6.03. The topological polar surface area (TPSA) is 83.8 Å². The number of Topliss-reactive ketones (excluding diaryl/α,β-unsaturated/α-hetero) is 1. The van der Waals surface area contributed by atoms with Gasteiger partial charge in [-0.1, -0.05) is 27.7 Å². The fourth-order valence-corrected chi connectivity index (χ4v) is 2.47. The lowest BCUT2D eigenvalue weighted by molar-refractivity contribution is -0.162. The largest absolute Gasteiger partial charge is 0.454 e. The molecule has 0 aliphatic heterocycles. The van der Waals surface area contributed by atoms with Crippen LogP contribution >= 0.6 is 0 Å². The zero-order chi connectivity index (χ0) is 15.4. The molecule has 0 radical (unpaired) electrons. The van der Waals surface area contributed by atoms with Crippen LogP contribution in [0.1, 0.15) is 34.1 Å². The molecule has 0 saturated heterocycles. The lowest BCUT2D eigenvalue weighted by Gasteiger charge is -2.35. The Balaban J connectivity index is 2.96. The Morgan fingerprint density at radius 2 is 1.95 bits per heavy atom. The average Bonchev–Trinajstić information content (AvgIpc) is 2.31. The molecule has 2 N–H and O–H groups in total. The molecule has 20 heavy (non-hydrogen) atoms. The van der Waals surface area contributed by atoms with E-state index in [2.05, 4.69) is 0 Å². The van der Waals surface area contributed by atoms with Gasteiger partial charge in [-0.2, -0.15) is 0 Å². The van der Waals surface area contributed by atoms with Gasteiger partial charge in [0, 0.05) is 17.9 Å². The van der Waals surface area contributed by atoms with Crippen molar-refractivity contribution in [3.05, 3.63) is 11.6 Å². The molecule has 0 bridgehead atoms. The number of aliphatic hydroxyl groups is 2. The van der Waals surface area contributed by atoms with E-state index in [1.165, 1.54) is 6.08 Å². The number of hydrogen-bond donors (Lipinski definition) is 2. The van der Waals surface area contributed by atoms with Crippen LogP contribution in [0.2, 0.25) is 0 Å². The summed E-state index contributed by atoms with van der Waals surface area (Å²) in [7, 11) is 0. The number of carbonyl (C=O) groups excluding carboxylic acids is 2. The van der Waals surface area contributed by atoms with Crippen molar-refractivity contribution in [2.75, 3.05) is 6.61 Å². The minimum Gasteiger partial charge on any atom is -0.454 e. The van der Waals surface area contributed by atoms with E-state index < -0.39 is 36.5 Å². The molecule has 0 saturated carbocycles. The lowest BCUT2D eigenvalue weighted by Crippen LogP contribution is -2.47. The molecule has 1 aliphatic carbocycles. The van der Waals surface area contributed by atoms with E-state index in [-0.39, 0.29) is 23.8 Å². The van der Waals surface area contributed by atoms with Crippen LogP contribution in [0, 0.1) is 17.8 Å². The summed E-state index contributed by atoms with van der Waals surface area (Å²) in [6.45, 7) is 7.04. The molecule has 0 aromatic carbocycles. The standard InChI is InChI=1S/C15H24O5/c1-8(2)5-12(18)20-15-13(9(3)4)11(17)6-10(7-16)14(15)19/h6,8-9,11,13,15-17H,5,7H2,1-4H3. The summed E-state index contributed by atoms with van der Waals surface area (Å²) in [5.41, 5.74) is 0.108. The first kappa shape index (κ1) is 16.9. The number of esters is 1. The van der Waals surface area contributed by atoms with Crippen LogP contribution in [-0.4, -0.2) is 40.8 Å². The van der Waals surface area contributed by atoms with E-state index in [0.29, 0.717) is 0 Å². The highest BCUT2D eigenvalue weighted by Crippen LogP contribution is 2.30. The first-order valence-electron chi connectivity index (χ1n) is 7.01. The monoisotopic (exact) mass is 284 g/mol. The summed E-state index contributed by atoms with van der Waals surface area (Å²) in [6, 6.07) is 0. The quantitative estimate of drug-likeness (QED) is 0.738. The third kappa shape index (κ3) is 3.90. The van der Waals surface area contributed by atoms with Gasteiger partial charge < -0.3 is 14.9 Å². The van der Waals surface area contributed by atoms with E-state index in [1.807, 2.05) is 27.7 Å². The Morgan fingerprint density at radius 3 is 2.40 bits per heavy atom. The SMILES string of the molecule is CC(C)CC(=O)OC1C(=O)C(CO)=CC(O)C1C(C)C. The minimum atomic E-state index is -1.01. The van der Waals surface area contributed by atoms with Crippen LogP contribution in [0.15, 0.2) is 11.6 Å². The molecule has 1 rings (SSSR count). The third-order valence-electron chi connectivity index (χ3n) is 3.46. The van der Waals surface area contributed by atoms with E-state index in [4.69, 9.17) is 9.84 Å². The Hall–Kier alpha value is -1.20. The Morgan fingerprint density at radius 1 is 1.35 bits per heavy atom. The van der Waals surface area contributed by atoms with E-state index in [0.717, 1.165) is 0 Å². The smallest absolute Gasteiger partial charge is 0.306 e.